The van der Waals surface area contributed by atoms with Crippen molar-refractivity contribution in [3.05, 3.63) is 115 Å². The third-order valence-electron chi connectivity index (χ3n) is 6.79. The Kier molecular flexibility index (Phi) is 5.42. The lowest BCUT2D eigenvalue weighted by molar-refractivity contribution is -0.141. The Hall–Kier alpha value is -3.83. The highest BCUT2D eigenvalue weighted by Gasteiger charge is 2.65. The second-order valence-corrected chi connectivity index (χ2v) is 9.61. The van der Waals surface area contributed by atoms with Gasteiger partial charge in [0, 0.05) is 6.42 Å². The molecule has 2 aliphatic rings. The van der Waals surface area contributed by atoms with Crippen LogP contribution >= 0.6 is 11.8 Å². The Balaban J connectivity index is 1.50. The van der Waals surface area contributed by atoms with Gasteiger partial charge in [-0.2, -0.15) is 0 Å². The molecule has 0 radical (unpaired) electrons. The van der Waals surface area contributed by atoms with Gasteiger partial charge in [0.15, 0.2) is 0 Å². The van der Waals surface area contributed by atoms with Crippen molar-refractivity contribution in [1.82, 2.24) is 0 Å². The minimum Gasteiger partial charge on any atom is -0.478 e. The molecule has 0 spiro atoms. The van der Waals surface area contributed by atoms with E-state index in [9.17, 15) is 4.79 Å². The largest absolute Gasteiger partial charge is 0.478 e. The SMILES string of the molecule is CSC1=Nc2ccccc2N2C(=O)C(Oc3ccccc3)C2(c2ccc(-c3ccccc3)cc2)C1. The number of aliphatic imine (C=N–C) groups is 1. The number of amides is 1. The van der Waals surface area contributed by atoms with Gasteiger partial charge in [0.2, 0.25) is 6.10 Å². The Morgan fingerprint density at radius 1 is 0.829 bits per heavy atom. The van der Waals surface area contributed by atoms with E-state index in [0.29, 0.717) is 12.2 Å². The molecule has 4 nitrogen and oxygen atoms in total. The number of carbonyl (C=O) groups excluding carboxylic acids is 1. The van der Waals surface area contributed by atoms with Crippen LogP contribution in [0.3, 0.4) is 0 Å². The maximum absolute atomic E-state index is 13.7. The molecule has 5 heteroatoms. The van der Waals surface area contributed by atoms with E-state index in [1.807, 2.05) is 84.0 Å². The van der Waals surface area contributed by atoms with Gasteiger partial charge in [-0.15, -0.1) is 11.8 Å². The van der Waals surface area contributed by atoms with Gasteiger partial charge in [-0.3, -0.25) is 9.69 Å². The standard InChI is InChI=1S/C30H24N2O2S/c1-35-27-20-30(23-18-16-22(17-19-23)21-10-4-2-5-11-21)28(34-24-12-6-3-7-13-24)29(33)32(30)26-15-9-8-14-25(26)31-27/h2-19,28H,20H2,1H3. The number of hydrogen-bond acceptors (Lipinski definition) is 4. The Morgan fingerprint density at radius 2 is 1.46 bits per heavy atom. The average molecular weight is 477 g/mol. The topological polar surface area (TPSA) is 41.9 Å². The second-order valence-electron chi connectivity index (χ2n) is 8.73. The van der Waals surface area contributed by atoms with Crippen LogP contribution in [0.4, 0.5) is 11.4 Å². The maximum Gasteiger partial charge on any atom is 0.271 e. The Bertz CT molecular complexity index is 1400. The zero-order valence-electron chi connectivity index (χ0n) is 19.3. The first kappa shape index (κ1) is 21.7. The zero-order chi connectivity index (χ0) is 23.8. The van der Waals surface area contributed by atoms with Crippen LogP contribution in [0, 0.1) is 0 Å². The molecule has 0 N–H and O–H groups in total. The van der Waals surface area contributed by atoms with Gasteiger partial charge >= 0.3 is 0 Å². The lowest BCUT2D eigenvalue weighted by atomic mass is 9.72. The molecule has 1 amide bonds. The number of hydrogen-bond donors (Lipinski definition) is 0. The van der Waals surface area contributed by atoms with Crippen LogP contribution in [-0.4, -0.2) is 23.3 Å². The molecule has 2 atom stereocenters. The molecule has 172 valence electrons. The quantitative estimate of drug-likeness (QED) is 0.303. The van der Waals surface area contributed by atoms with Gasteiger partial charge < -0.3 is 4.74 Å². The summed E-state index contributed by atoms with van der Waals surface area (Å²) in [6.45, 7) is 0. The fourth-order valence-electron chi connectivity index (χ4n) is 5.09. The molecule has 1 fully saturated rings. The molecule has 2 unspecified atom stereocenters. The number of ether oxygens (including phenoxy) is 1. The molecule has 6 rings (SSSR count). The van der Waals surface area contributed by atoms with Crippen LogP contribution in [0.2, 0.25) is 0 Å². The highest BCUT2D eigenvalue weighted by Crippen LogP contribution is 2.54. The number of thioether (sulfide) groups is 1. The number of β-lactam (4-membered cyclic amide) rings is 1. The van der Waals surface area contributed by atoms with Gasteiger partial charge in [0.05, 0.1) is 16.4 Å². The summed E-state index contributed by atoms with van der Waals surface area (Å²) in [5.74, 6) is 0.636. The van der Waals surface area contributed by atoms with E-state index in [1.165, 1.54) is 0 Å². The van der Waals surface area contributed by atoms with Crippen molar-refractivity contribution in [1.29, 1.82) is 0 Å². The third kappa shape index (κ3) is 3.55. The maximum atomic E-state index is 13.7. The summed E-state index contributed by atoms with van der Waals surface area (Å²) in [5, 5.41) is 0.973. The second kappa shape index (κ2) is 8.75. The van der Waals surface area contributed by atoms with Crippen LogP contribution in [0.1, 0.15) is 12.0 Å². The number of carbonyl (C=O) groups is 1. The third-order valence-corrected chi connectivity index (χ3v) is 7.50. The molecule has 0 bridgehead atoms. The fourth-order valence-corrected chi connectivity index (χ4v) is 5.65. The van der Waals surface area contributed by atoms with Crippen molar-refractivity contribution in [2.45, 2.75) is 18.1 Å². The molecule has 4 aromatic rings. The van der Waals surface area contributed by atoms with Crippen molar-refractivity contribution in [2.24, 2.45) is 4.99 Å². The molecule has 35 heavy (non-hydrogen) atoms. The first-order valence-corrected chi connectivity index (χ1v) is 12.9. The Morgan fingerprint density at radius 3 is 2.17 bits per heavy atom. The summed E-state index contributed by atoms with van der Waals surface area (Å²) in [7, 11) is 0. The molecule has 1 saturated heterocycles. The van der Waals surface area contributed by atoms with E-state index in [4.69, 9.17) is 9.73 Å². The van der Waals surface area contributed by atoms with Crippen molar-refractivity contribution >= 4 is 34.1 Å². The molecular weight excluding hydrogens is 452 g/mol. The summed E-state index contributed by atoms with van der Waals surface area (Å²) in [4.78, 5) is 20.6. The summed E-state index contributed by atoms with van der Waals surface area (Å²) in [6.07, 6.45) is 1.96. The van der Waals surface area contributed by atoms with Crippen molar-refractivity contribution in [2.75, 3.05) is 11.2 Å². The van der Waals surface area contributed by atoms with Crippen molar-refractivity contribution in [3.8, 4) is 16.9 Å². The lowest BCUT2D eigenvalue weighted by Gasteiger charge is -2.56. The van der Waals surface area contributed by atoms with Crippen molar-refractivity contribution in [3.63, 3.8) is 0 Å². The van der Waals surface area contributed by atoms with E-state index in [2.05, 4.69) is 36.4 Å². The normalized spacial score (nSPS) is 20.7. The minimum atomic E-state index is -0.698. The molecule has 2 aliphatic heterocycles. The lowest BCUT2D eigenvalue weighted by Crippen LogP contribution is -2.74. The summed E-state index contributed by atoms with van der Waals surface area (Å²) in [6, 6.07) is 36.3. The van der Waals surface area contributed by atoms with Crippen molar-refractivity contribution < 1.29 is 9.53 Å². The van der Waals surface area contributed by atoms with Gasteiger partial charge in [-0.05, 0) is 47.2 Å². The van der Waals surface area contributed by atoms with Crippen LogP contribution in [-0.2, 0) is 10.3 Å². The molecule has 2 heterocycles. The van der Waals surface area contributed by atoms with Crippen LogP contribution in [0.25, 0.3) is 11.1 Å². The number of anilines is 1. The number of benzene rings is 4. The van der Waals surface area contributed by atoms with Crippen LogP contribution < -0.4 is 9.64 Å². The minimum absolute atomic E-state index is 0.0500. The first-order valence-electron chi connectivity index (χ1n) is 11.6. The van der Waals surface area contributed by atoms with Gasteiger partial charge in [0.1, 0.15) is 11.3 Å². The summed E-state index contributed by atoms with van der Waals surface area (Å²) < 4.78 is 6.41. The van der Waals surface area contributed by atoms with Crippen LogP contribution in [0.15, 0.2) is 114 Å². The number of para-hydroxylation sites is 3. The predicted octanol–water partition coefficient (Wildman–Crippen LogP) is 6.84. The first-order chi connectivity index (χ1) is 17.2. The van der Waals surface area contributed by atoms with Gasteiger partial charge in [-0.1, -0.05) is 84.9 Å². The predicted molar refractivity (Wildman–Crippen MR) is 144 cm³/mol. The van der Waals surface area contributed by atoms with E-state index in [0.717, 1.165) is 33.1 Å². The van der Waals surface area contributed by atoms with Gasteiger partial charge in [0.25, 0.3) is 5.91 Å². The summed E-state index contributed by atoms with van der Waals surface area (Å²) >= 11 is 1.62. The van der Waals surface area contributed by atoms with E-state index in [-0.39, 0.29) is 5.91 Å². The number of rotatable bonds is 4. The Labute approximate surface area is 209 Å². The molecule has 0 saturated carbocycles. The number of nitrogens with zero attached hydrogens (tertiary/aromatic N) is 2. The molecule has 0 aromatic heterocycles. The molecular formula is C30H24N2O2S. The fraction of sp³-hybridized carbons (Fsp3) is 0.133. The zero-order valence-corrected chi connectivity index (χ0v) is 20.1. The molecule has 0 aliphatic carbocycles. The smallest absolute Gasteiger partial charge is 0.271 e. The highest BCUT2D eigenvalue weighted by molar-refractivity contribution is 8.13. The number of fused-ring (bicyclic) bond motifs is 3. The summed E-state index contributed by atoms with van der Waals surface area (Å²) in [5.41, 5.74) is 4.27. The van der Waals surface area contributed by atoms with Gasteiger partial charge in [-0.25, -0.2) is 4.99 Å². The van der Waals surface area contributed by atoms with E-state index < -0.39 is 11.6 Å². The van der Waals surface area contributed by atoms with E-state index >= 15 is 0 Å². The highest BCUT2D eigenvalue weighted by atomic mass is 32.2. The molecule has 4 aromatic carbocycles. The average Bonchev–Trinajstić information content (AvgIpc) is 3.06. The van der Waals surface area contributed by atoms with E-state index in [1.54, 1.807) is 11.8 Å². The monoisotopic (exact) mass is 476 g/mol. The van der Waals surface area contributed by atoms with Crippen LogP contribution in [0.5, 0.6) is 5.75 Å².